The second-order valence-electron chi connectivity index (χ2n) is 6.37. The Morgan fingerprint density at radius 1 is 0.769 bits per heavy atom. The van der Waals surface area contributed by atoms with Crippen LogP contribution in [0.15, 0.2) is 66.7 Å². The summed E-state index contributed by atoms with van der Waals surface area (Å²) >= 11 is 0. The van der Waals surface area contributed by atoms with Gasteiger partial charge in [0.05, 0.1) is 0 Å². The summed E-state index contributed by atoms with van der Waals surface area (Å²) in [7, 11) is 0. The lowest BCUT2D eigenvalue weighted by Gasteiger charge is -2.12. The predicted octanol–water partition coefficient (Wildman–Crippen LogP) is 6.62. The number of hydrogen-bond donors (Lipinski definition) is 0. The van der Waals surface area contributed by atoms with Crippen molar-refractivity contribution in [3.05, 3.63) is 106 Å². The molecule has 0 nitrogen and oxygen atoms in total. The van der Waals surface area contributed by atoms with Crippen LogP contribution in [0.25, 0.3) is 12.2 Å². The zero-order valence-electron chi connectivity index (χ0n) is 14.4. The van der Waals surface area contributed by atoms with E-state index in [0.29, 0.717) is 5.56 Å². The third-order valence-electron chi connectivity index (χ3n) is 4.38. The molecule has 3 heteroatoms. The Morgan fingerprint density at radius 2 is 1.38 bits per heavy atom. The molecule has 0 aromatic heterocycles. The first-order valence-electron chi connectivity index (χ1n) is 8.49. The van der Waals surface area contributed by atoms with Crippen molar-refractivity contribution >= 4 is 12.2 Å². The van der Waals surface area contributed by atoms with E-state index in [0.717, 1.165) is 18.1 Å². The summed E-state index contributed by atoms with van der Waals surface area (Å²) in [5.41, 5.74) is 2.70. The van der Waals surface area contributed by atoms with Crippen molar-refractivity contribution in [2.24, 2.45) is 0 Å². The Morgan fingerprint density at radius 3 is 2.00 bits per heavy atom. The van der Waals surface area contributed by atoms with E-state index >= 15 is 0 Å². The summed E-state index contributed by atoms with van der Waals surface area (Å²) in [5, 5.41) is 0. The number of hydrogen-bond acceptors (Lipinski definition) is 0. The second-order valence-corrected chi connectivity index (χ2v) is 6.37. The zero-order valence-corrected chi connectivity index (χ0v) is 14.4. The highest BCUT2D eigenvalue weighted by Crippen LogP contribution is 2.22. The minimum absolute atomic E-state index is 0.215. The molecule has 26 heavy (non-hydrogen) atoms. The third-order valence-corrected chi connectivity index (χ3v) is 4.38. The van der Waals surface area contributed by atoms with Gasteiger partial charge in [0.2, 0.25) is 0 Å². The largest absolute Gasteiger partial charge is 0.207 e. The van der Waals surface area contributed by atoms with E-state index in [1.54, 1.807) is 6.07 Å². The van der Waals surface area contributed by atoms with Gasteiger partial charge in [-0.25, -0.2) is 13.2 Å². The highest BCUT2D eigenvalue weighted by atomic mass is 19.1. The Balaban J connectivity index is 1.74. The summed E-state index contributed by atoms with van der Waals surface area (Å²) in [4.78, 5) is 0. The number of halogens is 3. The van der Waals surface area contributed by atoms with Gasteiger partial charge in [-0.15, -0.1) is 0 Å². The molecular formula is C23H19F3. The zero-order chi connectivity index (χ0) is 18.5. The normalized spacial score (nSPS) is 12.5. The van der Waals surface area contributed by atoms with E-state index in [1.807, 2.05) is 24.3 Å². The fourth-order valence-electron chi connectivity index (χ4n) is 2.90. The van der Waals surface area contributed by atoms with Gasteiger partial charge in [0, 0.05) is 17.2 Å². The lowest BCUT2D eigenvalue weighted by atomic mass is 9.93. The van der Waals surface area contributed by atoms with Gasteiger partial charge in [-0.3, -0.25) is 0 Å². The number of rotatable bonds is 5. The minimum atomic E-state index is -0.671. The first-order valence-corrected chi connectivity index (χ1v) is 8.49. The molecule has 0 fully saturated rings. The summed E-state index contributed by atoms with van der Waals surface area (Å²) in [5.74, 6) is -1.38. The summed E-state index contributed by atoms with van der Waals surface area (Å²) in [6, 6.07) is 18.5. The van der Waals surface area contributed by atoms with Crippen LogP contribution in [0, 0.1) is 17.5 Å². The molecule has 3 rings (SSSR count). The Bertz CT molecular complexity index is 914. The maximum absolute atomic E-state index is 14.4. The van der Waals surface area contributed by atoms with Crippen LogP contribution in [0.2, 0.25) is 0 Å². The van der Waals surface area contributed by atoms with Crippen molar-refractivity contribution in [1.29, 1.82) is 0 Å². The van der Waals surface area contributed by atoms with Crippen LogP contribution in [0.5, 0.6) is 0 Å². The average Bonchev–Trinajstić information content (AvgIpc) is 2.63. The van der Waals surface area contributed by atoms with Crippen molar-refractivity contribution < 1.29 is 13.2 Å². The van der Waals surface area contributed by atoms with Gasteiger partial charge in [0.25, 0.3) is 0 Å². The molecule has 0 N–H and O–H groups in total. The van der Waals surface area contributed by atoms with E-state index in [1.165, 1.54) is 35.9 Å². The van der Waals surface area contributed by atoms with Gasteiger partial charge in [-0.05, 0) is 41.7 Å². The lowest BCUT2D eigenvalue weighted by molar-refractivity contribution is 0.581. The molecular weight excluding hydrogens is 333 g/mol. The van der Waals surface area contributed by atoms with E-state index in [-0.39, 0.29) is 17.3 Å². The molecule has 0 saturated carbocycles. The van der Waals surface area contributed by atoms with Crippen LogP contribution in [-0.4, -0.2) is 0 Å². The fourth-order valence-corrected chi connectivity index (χ4v) is 2.90. The predicted molar refractivity (Wildman–Crippen MR) is 100 cm³/mol. The van der Waals surface area contributed by atoms with E-state index in [9.17, 15) is 13.2 Å². The van der Waals surface area contributed by atoms with Crippen LogP contribution in [0.4, 0.5) is 13.2 Å². The fraction of sp³-hybridized carbons (Fsp3) is 0.130. The Labute approximate surface area is 151 Å². The smallest absolute Gasteiger partial charge is 0.133 e. The molecule has 3 aromatic rings. The van der Waals surface area contributed by atoms with Crippen LogP contribution in [-0.2, 0) is 6.42 Å². The van der Waals surface area contributed by atoms with Gasteiger partial charge >= 0.3 is 0 Å². The topological polar surface area (TPSA) is 0 Å². The second kappa shape index (κ2) is 8.05. The Hall–Kier alpha value is -2.81. The molecule has 0 amide bonds. The molecule has 0 aliphatic carbocycles. The summed E-state index contributed by atoms with van der Waals surface area (Å²) in [6.45, 7) is 2.11. The third kappa shape index (κ3) is 4.42. The van der Waals surface area contributed by atoms with Crippen molar-refractivity contribution in [3.63, 3.8) is 0 Å². The summed E-state index contributed by atoms with van der Waals surface area (Å²) < 4.78 is 40.9. The van der Waals surface area contributed by atoms with Gasteiger partial charge in [-0.2, -0.15) is 0 Å². The number of benzene rings is 3. The molecule has 0 unspecified atom stereocenters. The molecule has 132 valence electrons. The quantitative estimate of drug-likeness (QED) is 0.453. The molecule has 0 heterocycles. The maximum atomic E-state index is 14.4. The molecule has 0 aliphatic heterocycles. The van der Waals surface area contributed by atoms with E-state index < -0.39 is 11.6 Å². The monoisotopic (exact) mass is 352 g/mol. The summed E-state index contributed by atoms with van der Waals surface area (Å²) in [6.07, 6.45) is 3.67. The van der Waals surface area contributed by atoms with Gasteiger partial charge < -0.3 is 0 Å². The Kier molecular flexibility index (Phi) is 5.57. The maximum Gasteiger partial charge on any atom is 0.133 e. The van der Waals surface area contributed by atoms with Gasteiger partial charge in [-0.1, -0.05) is 61.5 Å². The molecule has 0 spiro atoms. The molecule has 0 bridgehead atoms. The highest BCUT2D eigenvalue weighted by molar-refractivity contribution is 5.70. The van der Waals surface area contributed by atoms with Crippen LogP contribution in [0.1, 0.15) is 35.1 Å². The van der Waals surface area contributed by atoms with Crippen molar-refractivity contribution in [2.75, 3.05) is 0 Å². The minimum Gasteiger partial charge on any atom is -0.207 e. The van der Waals surface area contributed by atoms with E-state index in [4.69, 9.17) is 0 Å². The molecule has 1 atom stereocenters. The molecule has 0 aliphatic rings. The van der Waals surface area contributed by atoms with Gasteiger partial charge in [0.15, 0.2) is 0 Å². The first-order chi connectivity index (χ1) is 12.5. The molecule has 0 radical (unpaired) electrons. The van der Waals surface area contributed by atoms with Crippen molar-refractivity contribution in [3.8, 4) is 0 Å². The standard InChI is InChI=1S/C23H19F3/c1-16(18-5-3-2-4-6-18)13-17-7-8-19(22(25)14-17)9-10-20-11-12-21(24)15-23(20)26/h2-12,14-16H,13H2,1H3/t16-/m0/s1. The van der Waals surface area contributed by atoms with Crippen LogP contribution in [0.3, 0.4) is 0 Å². The SMILES string of the molecule is C[C@@H](Cc1ccc(C=Cc2ccc(F)cc2F)c(F)c1)c1ccccc1. The van der Waals surface area contributed by atoms with Crippen LogP contribution >= 0.6 is 0 Å². The van der Waals surface area contributed by atoms with Crippen molar-refractivity contribution in [2.45, 2.75) is 19.3 Å². The average molecular weight is 352 g/mol. The highest BCUT2D eigenvalue weighted by Gasteiger charge is 2.08. The first kappa shape index (κ1) is 18.0. The van der Waals surface area contributed by atoms with Crippen molar-refractivity contribution in [1.82, 2.24) is 0 Å². The molecule has 3 aromatic carbocycles. The molecule has 0 saturated heterocycles. The van der Waals surface area contributed by atoms with Crippen LogP contribution < -0.4 is 0 Å². The lowest BCUT2D eigenvalue weighted by Crippen LogP contribution is -1.99. The van der Waals surface area contributed by atoms with E-state index in [2.05, 4.69) is 19.1 Å². The van der Waals surface area contributed by atoms with Gasteiger partial charge in [0.1, 0.15) is 17.5 Å².